The van der Waals surface area contributed by atoms with Crippen molar-refractivity contribution in [3.63, 3.8) is 0 Å². The van der Waals surface area contributed by atoms with E-state index in [-0.39, 0.29) is 41.5 Å². The van der Waals surface area contributed by atoms with Crippen LogP contribution in [0, 0.1) is 0 Å². The van der Waals surface area contributed by atoms with Gasteiger partial charge in [-0.3, -0.25) is 4.68 Å². The van der Waals surface area contributed by atoms with Crippen molar-refractivity contribution in [2.45, 2.75) is 45.1 Å². The molecule has 1 fully saturated rings. The maximum absolute atomic E-state index is 13.2. The van der Waals surface area contributed by atoms with E-state index in [0.717, 1.165) is 12.0 Å². The monoisotopic (exact) mass is 492 g/mol. The Morgan fingerprint density at radius 3 is 2.62 bits per heavy atom. The van der Waals surface area contributed by atoms with Crippen molar-refractivity contribution in [2.24, 2.45) is 7.05 Å². The molecule has 32 heavy (non-hydrogen) atoms. The van der Waals surface area contributed by atoms with Crippen molar-refractivity contribution < 1.29 is 17.9 Å². The Morgan fingerprint density at radius 2 is 2.03 bits per heavy atom. The van der Waals surface area contributed by atoms with E-state index in [9.17, 15) is 13.2 Å². The predicted octanol–water partition coefficient (Wildman–Crippen LogP) is 3.26. The number of carbonyl (C=O) groups is 1. The Bertz CT molecular complexity index is 1030. The van der Waals surface area contributed by atoms with E-state index < -0.39 is 16.2 Å². The van der Waals surface area contributed by atoms with Crippen LogP contribution in [0.4, 0.5) is 16.2 Å². The van der Waals surface area contributed by atoms with E-state index in [2.05, 4.69) is 29.0 Å². The number of ether oxygens (including phenoxy) is 1. The van der Waals surface area contributed by atoms with Crippen molar-refractivity contribution in [3.05, 3.63) is 41.2 Å². The number of aromatic nitrogens is 2. The molecule has 1 unspecified atom stereocenters. The molecule has 171 valence electrons. The number of nitrogens with zero attached hydrogens (tertiary/aromatic N) is 3. The van der Waals surface area contributed by atoms with E-state index in [0.29, 0.717) is 42.5 Å². The molecule has 2 amide bonds. The maximum atomic E-state index is 13.2. The molecule has 2 N–H and O–H groups in total. The van der Waals surface area contributed by atoms with Gasteiger partial charge in [0.2, 0.25) is 0 Å². The number of carbonyl (C=O) groups excluding carboxylic acids is 1. The Morgan fingerprint density at radius 1 is 1.34 bits per heavy atom. The summed E-state index contributed by atoms with van der Waals surface area (Å²) in [5.41, 5.74) is 1.78. The minimum Gasteiger partial charge on any atom is -0.381 e. The van der Waals surface area contributed by atoms with Crippen LogP contribution in [-0.4, -0.2) is 73.0 Å². The third-order valence-electron chi connectivity index (χ3n) is 5.31. The average molecular weight is 493 g/mol. The number of urea groups is 1. The molecule has 2 heterocycles. The third kappa shape index (κ3) is 6.85. The molecular formula is C20H28ClN5NaO4S. The summed E-state index contributed by atoms with van der Waals surface area (Å²) in [6, 6.07) is 4.01. The van der Waals surface area contributed by atoms with E-state index in [1.54, 1.807) is 25.4 Å². The average Bonchev–Trinajstić information content (AvgIpc) is 3.12. The van der Waals surface area contributed by atoms with Crippen molar-refractivity contribution in [1.82, 2.24) is 14.5 Å². The van der Waals surface area contributed by atoms with Gasteiger partial charge in [-0.15, -0.1) is 0 Å². The Hall–Kier alpha value is -1.30. The van der Waals surface area contributed by atoms with Crippen LogP contribution in [0.3, 0.4) is 0 Å². The quantitative estimate of drug-likeness (QED) is 0.577. The molecule has 12 heteroatoms. The number of nitrogens with one attached hydrogen (secondary N) is 2. The van der Waals surface area contributed by atoms with Gasteiger partial charge >= 0.3 is 16.2 Å². The van der Waals surface area contributed by atoms with Crippen molar-refractivity contribution in [2.75, 3.05) is 22.8 Å². The first-order valence-corrected chi connectivity index (χ1v) is 12.0. The minimum absolute atomic E-state index is 0. The van der Waals surface area contributed by atoms with Gasteiger partial charge in [-0.05, 0) is 48.9 Å². The smallest absolute Gasteiger partial charge is 0.334 e. The number of amides is 2. The topological polar surface area (TPSA) is 106 Å². The fraction of sp³-hybridized carbons (Fsp3) is 0.500. The zero-order valence-corrected chi connectivity index (χ0v) is 22.4. The first-order valence-electron chi connectivity index (χ1n) is 10.2. The summed E-state index contributed by atoms with van der Waals surface area (Å²) >= 11 is 6.18. The summed E-state index contributed by atoms with van der Waals surface area (Å²) in [6.45, 7) is 5.01. The van der Waals surface area contributed by atoms with Crippen LogP contribution in [0.15, 0.2) is 30.6 Å². The summed E-state index contributed by atoms with van der Waals surface area (Å²) in [5.74, 6) is 0.251. The number of benzene rings is 1. The molecule has 0 bridgehead atoms. The summed E-state index contributed by atoms with van der Waals surface area (Å²) in [6.07, 6.45) is 5.00. The van der Waals surface area contributed by atoms with Crippen LogP contribution in [0.5, 0.6) is 0 Å². The number of hydrogen-bond acceptors (Lipinski definition) is 5. The molecule has 1 aromatic carbocycles. The van der Waals surface area contributed by atoms with Crippen LogP contribution in [0.2, 0.25) is 5.02 Å². The number of aryl methyl sites for hydroxylation is 1. The largest absolute Gasteiger partial charge is 0.381 e. The van der Waals surface area contributed by atoms with E-state index in [4.69, 9.17) is 16.3 Å². The summed E-state index contributed by atoms with van der Waals surface area (Å²) in [4.78, 5) is 12.6. The third-order valence-corrected chi connectivity index (χ3v) is 7.00. The molecule has 1 aromatic heterocycles. The fourth-order valence-corrected chi connectivity index (χ4v) is 5.12. The van der Waals surface area contributed by atoms with Crippen LogP contribution in [-0.2, 0) is 22.0 Å². The normalized spacial score (nSPS) is 15.5. The summed E-state index contributed by atoms with van der Waals surface area (Å²) in [5, 5.41) is 7.13. The van der Waals surface area contributed by atoms with Crippen molar-refractivity contribution in [1.29, 1.82) is 0 Å². The van der Waals surface area contributed by atoms with E-state index in [1.807, 2.05) is 6.07 Å². The van der Waals surface area contributed by atoms with Crippen LogP contribution in [0.25, 0.3) is 0 Å². The summed E-state index contributed by atoms with van der Waals surface area (Å²) < 4.78 is 36.6. The van der Waals surface area contributed by atoms with Gasteiger partial charge in [0, 0.05) is 66.7 Å². The van der Waals surface area contributed by atoms with E-state index in [1.165, 1.54) is 15.2 Å². The first kappa shape index (κ1) is 26.9. The first-order chi connectivity index (χ1) is 14.7. The Labute approximate surface area is 216 Å². The SMILES string of the molecule is CCC(C)c1cc(Cl)cc(NC(=O)NS(=O)(=O)N(c2cnn(C)c2)C2CCOCC2)c1.[Na]. The Kier molecular flexibility index (Phi) is 9.86. The molecule has 2 aromatic rings. The van der Waals surface area contributed by atoms with Gasteiger partial charge < -0.3 is 10.1 Å². The van der Waals surface area contributed by atoms with Gasteiger partial charge in [0.1, 0.15) is 0 Å². The van der Waals surface area contributed by atoms with Gasteiger partial charge in [0.05, 0.1) is 17.9 Å². The molecule has 1 aliphatic rings. The molecule has 1 radical (unpaired) electrons. The fourth-order valence-electron chi connectivity index (χ4n) is 3.52. The molecule has 0 spiro atoms. The second-order valence-electron chi connectivity index (χ2n) is 7.66. The minimum atomic E-state index is -4.19. The second-order valence-corrected chi connectivity index (χ2v) is 9.64. The van der Waals surface area contributed by atoms with E-state index >= 15 is 0 Å². The summed E-state index contributed by atoms with van der Waals surface area (Å²) in [7, 11) is -2.49. The molecule has 1 aliphatic heterocycles. The predicted molar refractivity (Wildman–Crippen MR) is 127 cm³/mol. The van der Waals surface area contributed by atoms with Gasteiger partial charge in [-0.25, -0.2) is 13.8 Å². The maximum Gasteiger partial charge on any atom is 0.334 e. The molecule has 3 rings (SSSR count). The van der Waals surface area contributed by atoms with Crippen molar-refractivity contribution >= 4 is 68.8 Å². The van der Waals surface area contributed by atoms with Gasteiger partial charge in [-0.1, -0.05) is 25.4 Å². The number of rotatable bonds is 7. The molecule has 1 saturated heterocycles. The number of anilines is 2. The molecule has 0 saturated carbocycles. The van der Waals surface area contributed by atoms with Crippen LogP contribution >= 0.6 is 11.6 Å². The number of hydrogen-bond donors (Lipinski definition) is 2. The standard InChI is InChI=1S/C20H28ClN5O4S.Na/c1-4-14(2)15-9-16(21)11-17(10-15)23-20(27)24-31(28,29)26(18-5-7-30-8-6-18)19-12-22-25(3)13-19;/h9-14,18H,4-8H2,1-3H3,(H2,23,24,27);. The second kappa shape index (κ2) is 11.7. The van der Waals surface area contributed by atoms with Gasteiger partial charge in [-0.2, -0.15) is 13.5 Å². The Balaban J connectivity index is 0.00000363. The molecular weight excluding hydrogens is 465 g/mol. The van der Waals surface area contributed by atoms with Gasteiger partial charge in [0.15, 0.2) is 0 Å². The van der Waals surface area contributed by atoms with Crippen molar-refractivity contribution in [3.8, 4) is 0 Å². The zero-order valence-electron chi connectivity index (χ0n) is 18.8. The molecule has 1 atom stereocenters. The molecule has 0 aliphatic carbocycles. The van der Waals surface area contributed by atoms with Crippen LogP contribution < -0.4 is 14.3 Å². The zero-order chi connectivity index (χ0) is 22.6. The van der Waals surface area contributed by atoms with Gasteiger partial charge in [0.25, 0.3) is 0 Å². The van der Waals surface area contributed by atoms with Crippen LogP contribution in [0.1, 0.15) is 44.6 Å². The number of halogens is 1. The molecule has 9 nitrogen and oxygen atoms in total.